The van der Waals surface area contributed by atoms with E-state index in [-0.39, 0.29) is 0 Å². The predicted molar refractivity (Wildman–Crippen MR) is 108 cm³/mol. The van der Waals surface area contributed by atoms with Crippen LogP contribution in [0, 0.1) is 11.8 Å². The molecule has 0 aromatic heterocycles. The quantitative estimate of drug-likeness (QED) is 0.216. The first kappa shape index (κ1) is 14.7. The molecule has 0 bridgehead atoms. The highest BCUT2D eigenvalue weighted by Crippen LogP contribution is 2.36. The molecule has 0 saturated carbocycles. The molecule has 0 N–H and O–H groups in total. The lowest BCUT2D eigenvalue weighted by molar-refractivity contribution is 0.112. The van der Waals surface area contributed by atoms with Crippen molar-refractivity contribution < 1.29 is 4.79 Å². The van der Waals surface area contributed by atoms with Crippen molar-refractivity contribution in [3.63, 3.8) is 0 Å². The molecule has 0 unspecified atom stereocenters. The van der Waals surface area contributed by atoms with Gasteiger partial charge in [-0.1, -0.05) is 72.5 Å². The average molecular weight is 330 g/mol. The molecule has 0 radical (unpaired) electrons. The summed E-state index contributed by atoms with van der Waals surface area (Å²) in [5.41, 5.74) is 2.38. The van der Waals surface area contributed by atoms with E-state index >= 15 is 0 Å². The van der Waals surface area contributed by atoms with E-state index in [0.717, 1.165) is 33.6 Å². The number of hydrogen-bond acceptors (Lipinski definition) is 1. The van der Waals surface area contributed by atoms with Gasteiger partial charge in [-0.2, -0.15) is 0 Å². The Morgan fingerprint density at radius 1 is 0.654 bits per heavy atom. The number of carbonyl (C=O) groups is 1. The number of aldehydes is 1. The number of rotatable bonds is 1. The van der Waals surface area contributed by atoms with Crippen LogP contribution in [-0.2, 0) is 0 Å². The maximum absolute atomic E-state index is 11.9. The Balaban J connectivity index is 1.86. The molecule has 0 atom stereocenters. The number of carbonyl (C=O) groups excluding carboxylic acids is 1. The Kier molecular flexibility index (Phi) is 3.23. The van der Waals surface area contributed by atoms with Crippen molar-refractivity contribution in [2.45, 2.75) is 0 Å². The summed E-state index contributed by atoms with van der Waals surface area (Å²) in [6.07, 6.45) is 0.931. The second-order valence-corrected chi connectivity index (χ2v) is 6.43. The van der Waals surface area contributed by atoms with Crippen LogP contribution in [0.15, 0.2) is 78.9 Å². The third-order valence-corrected chi connectivity index (χ3v) is 4.92. The molecule has 0 aliphatic rings. The summed E-state index contributed by atoms with van der Waals surface area (Å²) in [5.74, 6) is 6.37. The maximum Gasteiger partial charge on any atom is 0.151 e. The second kappa shape index (κ2) is 5.72. The fourth-order valence-corrected chi connectivity index (χ4v) is 3.72. The molecule has 0 heterocycles. The van der Waals surface area contributed by atoms with Crippen LogP contribution >= 0.6 is 0 Å². The summed E-state index contributed by atoms with van der Waals surface area (Å²) >= 11 is 0. The van der Waals surface area contributed by atoms with Crippen LogP contribution in [0.1, 0.15) is 21.5 Å². The summed E-state index contributed by atoms with van der Waals surface area (Å²) in [6.45, 7) is 0. The van der Waals surface area contributed by atoms with Crippen LogP contribution in [0.4, 0.5) is 0 Å². The van der Waals surface area contributed by atoms with Gasteiger partial charge < -0.3 is 0 Å². The van der Waals surface area contributed by atoms with Crippen LogP contribution < -0.4 is 0 Å². The largest absolute Gasteiger partial charge is 0.298 e. The normalized spacial score (nSPS) is 10.9. The van der Waals surface area contributed by atoms with Crippen molar-refractivity contribution in [3.05, 3.63) is 95.6 Å². The Morgan fingerprint density at radius 3 is 2.15 bits per heavy atom. The summed E-state index contributed by atoms with van der Waals surface area (Å²) in [7, 11) is 0. The van der Waals surface area contributed by atoms with Gasteiger partial charge in [-0.15, -0.1) is 0 Å². The van der Waals surface area contributed by atoms with E-state index in [1.807, 2.05) is 42.5 Å². The Labute approximate surface area is 151 Å². The van der Waals surface area contributed by atoms with Gasteiger partial charge in [0.05, 0.1) is 0 Å². The summed E-state index contributed by atoms with van der Waals surface area (Å²) < 4.78 is 0. The fraction of sp³-hybridized carbons (Fsp3) is 0. The monoisotopic (exact) mass is 330 g/mol. The summed E-state index contributed by atoms with van der Waals surface area (Å²) in [6, 6.07) is 26.6. The van der Waals surface area contributed by atoms with Gasteiger partial charge in [0, 0.05) is 16.7 Å². The van der Waals surface area contributed by atoms with E-state index in [0.29, 0.717) is 5.56 Å². The zero-order valence-corrected chi connectivity index (χ0v) is 14.0. The van der Waals surface area contributed by atoms with E-state index in [1.54, 1.807) is 0 Å². The van der Waals surface area contributed by atoms with E-state index in [4.69, 9.17) is 0 Å². The minimum Gasteiger partial charge on any atom is -0.298 e. The van der Waals surface area contributed by atoms with Gasteiger partial charge in [-0.25, -0.2) is 0 Å². The van der Waals surface area contributed by atoms with E-state index in [2.05, 4.69) is 48.2 Å². The van der Waals surface area contributed by atoms with Gasteiger partial charge >= 0.3 is 0 Å². The third kappa shape index (κ3) is 2.17. The molecular formula is C25H14O. The molecule has 1 nitrogen and oxygen atoms in total. The van der Waals surface area contributed by atoms with Crippen molar-refractivity contribution >= 4 is 38.6 Å². The van der Waals surface area contributed by atoms with Crippen molar-refractivity contribution in [2.75, 3.05) is 0 Å². The van der Waals surface area contributed by atoms with Crippen LogP contribution in [0.3, 0.4) is 0 Å². The standard InChI is InChI=1S/C25H14O/c26-16-23-20(10-9-17-5-2-1-3-6-17)15-21-12-11-18-7-4-8-19-13-14-22(23)25(21)24(18)19/h1-8,11-16H. The first-order valence-electron chi connectivity index (χ1n) is 8.58. The average Bonchev–Trinajstić information content (AvgIpc) is 2.71. The Bertz CT molecular complexity index is 1320. The molecule has 0 fully saturated rings. The molecule has 0 saturated heterocycles. The number of benzene rings is 5. The van der Waals surface area contributed by atoms with Crippen molar-refractivity contribution in [3.8, 4) is 11.8 Å². The summed E-state index contributed by atoms with van der Waals surface area (Å²) in [4.78, 5) is 11.9. The lowest BCUT2D eigenvalue weighted by Gasteiger charge is -2.13. The van der Waals surface area contributed by atoms with Crippen molar-refractivity contribution in [1.82, 2.24) is 0 Å². The topological polar surface area (TPSA) is 17.1 Å². The molecule has 26 heavy (non-hydrogen) atoms. The fourth-order valence-electron chi connectivity index (χ4n) is 3.72. The molecule has 1 heteroatoms. The van der Waals surface area contributed by atoms with Crippen molar-refractivity contribution in [2.24, 2.45) is 0 Å². The van der Waals surface area contributed by atoms with E-state index in [9.17, 15) is 4.79 Å². The highest BCUT2D eigenvalue weighted by atomic mass is 16.1. The van der Waals surface area contributed by atoms with E-state index in [1.165, 1.54) is 16.2 Å². The molecular weight excluding hydrogens is 316 g/mol. The minimum atomic E-state index is 0.666. The molecule has 0 spiro atoms. The second-order valence-electron chi connectivity index (χ2n) is 6.43. The Hall–Kier alpha value is -3.63. The maximum atomic E-state index is 11.9. The Morgan fingerprint density at radius 2 is 1.38 bits per heavy atom. The molecule has 5 aromatic rings. The van der Waals surface area contributed by atoms with Crippen molar-refractivity contribution in [1.29, 1.82) is 0 Å². The smallest absolute Gasteiger partial charge is 0.151 e. The predicted octanol–water partition coefficient (Wildman–Crippen LogP) is 5.80. The highest BCUT2D eigenvalue weighted by molar-refractivity contribution is 6.25. The van der Waals surface area contributed by atoms with Crippen LogP contribution in [-0.4, -0.2) is 6.29 Å². The van der Waals surface area contributed by atoms with Gasteiger partial charge in [0.1, 0.15) is 0 Å². The molecule has 5 rings (SSSR count). The lowest BCUT2D eigenvalue weighted by Crippen LogP contribution is -1.93. The SMILES string of the molecule is O=Cc1c(C#Cc2ccccc2)cc2ccc3cccc4ccc1c2c34. The van der Waals surface area contributed by atoms with Crippen LogP contribution in [0.25, 0.3) is 32.3 Å². The molecule has 0 aliphatic heterocycles. The first-order chi connectivity index (χ1) is 12.8. The molecule has 0 amide bonds. The lowest BCUT2D eigenvalue weighted by atomic mass is 9.90. The van der Waals surface area contributed by atoms with Gasteiger partial charge in [-0.05, 0) is 50.5 Å². The van der Waals surface area contributed by atoms with Gasteiger partial charge in [0.25, 0.3) is 0 Å². The highest BCUT2D eigenvalue weighted by Gasteiger charge is 2.13. The van der Waals surface area contributed by atoms with Gasteiger partial charge in [0.15, 0.2) is 6.29 Å². The molecule has 0 aliphatic carbocycles. The number of hydrogen-bond donors (Lipinski definition) is 0. The summed E-state index contributed by atoms with van der Waals surface area (Å²) in [5, 5.41) is 6.84. The van der Waals surface area contributed by atoms with Crippen LogP contribution in [0.2, 0.25) is 0 Å². The van der Waals surface area contributed by atoms with Gasteiger partial charge in [-0.3, -0.25) is 4.79 Å². The zero-order chi connectivity index (χ0) is 17.5. The van der Waals surface area contributed by atoms with Crippen LogP contribution in [0.5, 0.6) is 0 Å². The first-order valence-corrected chi connectivity index (χ1v) is 8.58. The van der Waals surface area contributed by atoms with Gasteiger partial charge in [0.2, 0.25) is 0 Å². The zero-order valence-electron chi connectivity index (χ0n) is 14.0. The molecule has 120 valence electrons. The third-order valence-electron chi connectivity index (χ3n) is 4.92. The van der Waals surface area contributed by atoms with E-state index < -0.39 is 0 Å². The minimum absolute atomic E-state index is 0.666. The molecule has 5 aromatic carbocycles.